The van der Waals surface area contributed by atoms with E-state index in [1.165, 1.54) is 27.6 Å². The Labute approximate surface area is 157 Å². The van der Waals surface area contributed by atoms with Crippen LogP contribution in [0.5, 0.6) is 0 Å². The molecule has 3 aromatic carbocycles. The van der Waals surface area contributed by atoms with Crippen LogP contribution in [0.1, 0.15) is 11.1 Å². The third-order valence-corrected chi connectivity index (χ3v) is 8.16. The summed E-state index contributed by atoms with van der Waals surface area (Å²) < 4.78 is 18.4. The highest BCUT2D eigenvalue weighted by Gasteiger charge is 2.43. The van der Waals surface area contributed by atoms with E-state index in [-0.39, 0.29) is 0 Å². The molecule has 0 aliphatic heterocycles. The maximum Gasteiger partial charge on any atom is 0.537 e. The molecule has 5 heteroatoms. The zero-order valence-electron chi connectivity index (χ0n) is 14.4. The minimum Gasteiger partial charge on any atom is -0.373 e. The van der Waals surface area contributed by atoms with Gasteiger partial charge in [0.05, 0.1) is 0 Å². The molecule has 0 N–H and O–H groups in total. The standard InChI is InChI=1S/C20H19BrO3Si/c1-22-25(23-2,24-3)19-12-14-10-13-11-15(21)8-9-16(13)20(14)18-7-5-4-6-17(18)19/h4-9,11-12H,10H2,1-3H3. The van der Waals surface area contributed by atoms with E-state index in [1.807, 2.05) is 0 Å². The first kappa shape index (κ1) is 16.9. The molecule has 3 aromatic rings. The van der Waals surface area contributed by atoms with E-state index in [4.69, 9.17) is 13.3 Å². The van der Waals surface area contributed by atoms with Crippen LogP contribution >= 0.6 is 15.9 Å². The maximum absolute atomic E-state index is 5.77. The van der Waals surface area contributed by atoms with Gasteiger partial charge in [0.25, 0.3) is 0 Å². The Kier molecular flexibility index (Phi) is 4.29. The monoisotopic (exact) mass is 414 g/mol. The van der Waals surface area contributed by atoms with Crippen molar-refractivity contribution in [3.8, 4) is 11.1 Å². The highest BCUT2D eigenvalue weighted by atomic mass is 79.9. The maximum atomic E-state index is 5.77. The first-order valence-electron chi connectivity index (χ1n) is 8.13. The Balaban J connectivity index is 2.06. The van der Waals surface area contributed by atoms with Crippen LogP contribution in [0, 0.1) is 0 Å². The summed E-state index contributed by atoms with van der Waals surface area (Å²) in [5.41, 5.74) is 5.25. The lowest BCUT2D eigenvalue weighted by Gasteiger charge is -2.26. The summed E-state index contributed by atoms with van der Waals surface area (Å²) in [5.74, 6) is 0. The lowest BCUT2D eigenvalue weighted by Crippen LogP contribution is -2.55. The molecule has 0 saturated heterocycles. The molecule has 0 unspecified atom stereocenters. The van der Waals surface area contributed by atoms with Gasteiger partial charge < -0.3 is 13.3 Å². The van der Waals surface area contributed by atoms with Crippen molar-refractivity contribution < 1.29 is 13.3 Å². The van der Waals surface area contributed by atoms with Gasteiger partial charge in [-0.15, -0.1) is 0 Å². The van der Waals surface area contributed by atoms with Crippen LogP contribution in [0.25, 0.3) is 21.9 Å². The molecule has 0 fully saturated rings. The normalized spacial score (nSPS) is 13.1. The Bertz CT molecular complexity index is 958. The molecule has 0 bridgehead atoms. The molecule has 1 aliphatic rings. The number of hydrogen-bond donors (Lipinski definition) is 0. The van der Waals surface area contributed by atoms with Crippen molar-refractivity contribution in [2.24, 2.45) is 0 Å². The van der Waals surface area contributed by atoms with Crippen molar-refractivity contribution in [3.05, 3.63) is 64.1 Å². The van der Waals surface area contributed by atoms with Crippen LogP contribution in [-0.2, 0) is 19.7 Å². The first-order chi connectivity index (χ1) is 12.1. The van der Waals surface area contributed by atoms with Gasteiger partial charge in [0.1, 0.15) is 0 Å². The number of halogens is 1. The smallest absolute Gasteiger partial charge is 0.373 e. The number of benzene rings is 3. The van der Waals surface area contributed by atoms with E-state index in [0.29, 0.717) is 0 Å². The van der Waals surface area contributed by atoms with Gasteiger partial charge in [-0.2, -0.15) is 0 Å². The summed E-state index contributed by atoms with van der Waals surface area (Å²) in [7, 11) is 2.06. The molecule has 0 amide bonds. The fourth-order valence-electron chi connectivity index (χ4n) is 3.88. The average Bonchev–Trinajstić information content (AvgIpc) is 3.01. The van der Waals surface area contributed by atoms with Gasteiger partial charge >= 0.3 is 8.80 Å². The van der Waals surface area contributed by atoms with Crippen molar-refractivity contribution in [1.29, 1.82) is 0 Å². The molecule has 0 aromatic heterocycles. The second kappa shape index (κ2) is 6.34. The summed E-state index contributed by atoms with van der Waals surface area (Å²) in [5, 5.41) is 3.38. The minimum absolute atomic E-state index is 0.906. The van der Waals surface area contributed by atoms with E-state index < -0.39 is 8.80 Å². The highest BCUT2D eigenvalue weighted by molar-refractivity contribution is 9.10. The molecule has 0 atom stereocenters. The molecule has 0 heterocycles. The predicted molar refractivity (Wildman–Crippen MR) is 106 cm³/mol. The molecule has 0 radical (unpaired) electrons. The third-order valence-electron chi connectivity index (χ3n) is 4.98. The van der Waals surface area contributed by atoms with E-state index >= 15 is 0 Å². The van der Waals surface area contributed by atoms with Gasteiger partial charge in [-0.1, -0.05) is 52.3 Å². The molecular weight excluding hydrogens is 396 g/mol. The first-order valence-corrected chi connectivity index (χ1v) is 10.6. The van der Waals surface area contributed by atoms with Gasteiger partial charge in [0.2, 0.25) is 0 Å². The Hall–Kier alpha value is -1.50. The lowest BCUT2D eigenvalue weighted by atomic mass is 9.98. The van der Waals surface area contributed by atoms with Crippen molar-refractivity contribution in [3.63, 3.8) is 0 Å². The zero-order valence-corrected chi connectivity index (χ0v) is 17.0. The van der Waals surface area contributed by atoms with Crippen LogP contribution in [0.15, 0.2) is 53.0 Å². The molecule has 0 spiro atoms. The molecule has 128 valence electrons. The molecule has 4 rings (SSSR count). The van der Waals surface area contributed by atoms with Gasteiger partial charge in [0.15, 0.2) is 0 Å². The van der Waals surface area contributed by atoms with Crippen LogP contribution in [-0.4, -0.2) is 30.1 Å². The van der Waals surface area contributed by atoms with Crippen molar-refractivity contribution in [2.75, 3.05) is 21.3 Å². The largest absolute Gasteiger partial charge is 0.537 e. The molecule has 25 heavy (non-hydrogen) atoms. The van der Waals surface area contributed by atoms with Crippen LogP contribution in [0.3, 0.4) is 0 Å². The highest BCUT2D eigenvalue weighted by Crippen LogP contribution is 2.42. The third kappa shape index (κ3) is 2.50. The Morgan fingerprint density at radius 2 is 1.52 bits per heavy atom. The van der Waals surface area contributed by atoms with E-state index in [0.717, 1.165) is 21.5 Å². The molecule has 0 saturated carbocycles. The quantitative estimate of drug-likeness (QED) is 0.467. The number of fused-ring (bicyclic) bond motifs is 5. The zero-order chi connectivity index (χ0) is 17.6. The van der Waals surface area contributed by atoms with E-state index in [9.17, 15) is 0 Å². The number of rotatable bonds is 4. The lowest BCUT2D eigenvalue weighted by molar-refractivity contribution is 0.140. The fourth-order valence-corrected chi connectivity index (χ4v) is 6.35. The minimum atomic E-state index is -2.92. The summed E-state index contributed by atoms with van der Waals surface area (Å²) in [6, 6.07) is 17.2. The van der Waals surface area contributed by atoms with Crippen molar-refractivity contribution in [1.82, 2.24) is 0 Å². The van der Waals surface area contributed by atoms with Gasteiger partial charge in [-0.25, -0.2) is 0 Å². The molecule has 3 nitrogen and oxygen atoms in total. The van der Waals surface area contributed by atoms with Crippen LogP contribution in [0.4, 0.5) is 0 Å². The summed E-state index contributed by atoms with van der Waals surface area (Å²) in [6.45, 7) is 0. The predicted octanol–water partition coefficient (Wildman–Crippen LogP) is 4.26. The van der Waals surface area contributed by atoms with Gasteiger partial charge in [0, 0.05) is 31.0 Å². The number of hydrogen-bond acceptors (Lipinski definition) is 3. The SMILES string of the molecule is CO[Si](OC)(OC)c1cc2c(c3ccccc13)-c1ccc(Br)cc1C2. The average molecular weight is 415 g/mol. The summed E-state index contributed by atoms with van der Waals surface area (Å²) in [6.07, 6.45) is 0.906. The van der Waals surface area contributed by atoms with Crippen molar-refractivity contribution in [2.45, 2.75) is 6.42 Å². The second-order valence-electron chi connectivity index (χ2n) is 6.15. The second-order valence-corrected chi connectivity index (χ2v) is 9.94. The fraction of sp³-hybridized carbons (Fsp3) is 0.200. The Morgan fingerprint density at radius 1 is 0.840 bits per heavy atom. The summed E-state index contributed by atoms with van der Waals surface area (Å²) >= 11 is 3.59. The molecular formula is C20H19BrO3Si. The van der Waals surface area contributed by atoms with Crippen molar-refractivity contribution >= 4 is 40.7 Å². The molecule has 1 aliphatic carbocycles. The summed E-state index contributed by atoms with van der Waals surface area (Å²) in [4.78, 5) is 0. The Morgan fingerprint density at radius 3 is 2.20 bits per heavy atom. The van der Waals surface area contributed by atoms with E-state index in [1.54, 1.807) is 21.3 Å². The van der Waals surface area contributed by atoms with Crippen LogP contribution in [0.2, 0.25) is 0 Å². The van der Waals surface area contributed by atoms with Crippen LogP contribution < -0.4 is 5.19 Å². The topological polar surface area (TPSA) is 27.7 Å². The van der Waals surface area contributed by atoms with Gasteiger partial charge in [-0.3, -0.25) is 0 Å². The van der Waals surface area contributed by atoms with Gasteiger partial charge in [-0.05, 0) is 51.6 Å². The van der Waals surface area contributed by atoms with E-state index in [2.05, 4.69) is 64.5 Å².